The topological polar surface area (TPSA) is 83.6 Å². The van der Waals surface area contributed by atoms with Gasteiger partial charge in [0, 0.05) is 44.4 Å². The molecule has 0 atom stereocenters. The second-order valence-corrected chi connectivity index (χ2v) is 7.06. The van der Waals surface area contributed by atoms with Crippen LogP contribution in [0.1, 0.15) is 30.9 Å². The average molecular weight is 396 g/mol. The monoisotopic (exact) mass is 396 g/mol. The number of pyridine rings is 1. The first-order valence-electron chi connectivity index (χ1n) is 10.1. The van der Waals surface area contributed by atoms with Crippen molar-refractivity contribution in [3.05, 3.63) is 59.8 Å². The maximum atomic E-state index is 12.4. The normalized spacial score (nSPS) is 14.3. The van der Waals surface area contributed by atoms with Crippen molar-refractivity contribution in [2.45, 2.75) is 32.9 Å². The number of hydrogen-bond acceptors (Lipinski definition) is 4. The number of carbonyl (C=O) groups excluding carboxylic acids is 2. The highest BCUT2D eigenvalue weighted by molar-refractivity contribution is 5.79. The van der Waals surface area contributed by atoms with Crippen LogP contribution < -0.4 is 15.4 Å². The van der Waals surface area contributed by atoms with E-state index in [9.17, 15) is 9.59 Å². The van der Waals surface area contributed by atoms with Crippen molar-refractivity contribution in [3.8, 4) is 5.88 Å². The van der Waals surface area contributed by atoms with E-state index >= 15 is 0 Å². The Morgan fingerprint density at radius 3 is 2.52 bits per heavy atom. The van der Waals surface area contributed by atoms with E-state index in [1.807, 2.05) is 49.4 Å². The fraction of sp³-hybridized carbons (Fsp3) is 0.409. The Bertz CT molecular complexity index is 805. The van der Waals surface area contributed by atoms with Crippen molar-refractivity contribution in [2.75, 3.05) is 19.7 Å². The molecule has 1 aromatic carbocycles. The van der Waals surface area contributed by atoms with Crippen LogP contribution in [0.3, 0.4) is 0 Å². The smallest absolute Gasteiger partial charge is 0.317 e. The molecule has 2 aromatic rings. The Balaban J connectivity index is 1.40. The van der Waals surface area contributed by atoms with Gasteiger partial charge < -0.3 is 20.3 Å². The van der Waals surface area contributed by atoms with E-state index in [0.717, 1.165) is 11.1 Å². The first kappa shape index (κ1) is 20.6. The molecule has 0 radical (unpaired) electrons. The van der Waals surface area contributed by atoms with Gasteiger partial charge in [0.25, 0.3) is 0 Å². The second-order valence-electron chi connectivity index (χ2n) is 7.06. The van der Waals surface area contributed by atoms with Gasteiger partial charge in [0.05, 0.1) is 6.61 Å². The van der Waals surface area contributed by atoms with Crippen LogP contribution in [0.25, 0.3) is 0 Å². The molecule has 3 rings (SSSR count). The van der Waals surface area contributed by atoms with Gasteiger partial charge in [-0.2, -0.15) is 0 Å². The summed E-state index contributed by atoms with van der Waals surface area (Å²) in [7, 11) is 0. The molecule has 1 aliphatic rings. The van der Waals surface area contributed by atoms with Crippen molar-refractivity contribution >= 4 is 11.9 Å². The fourth-order valence-electron chi connectivity index (χ4n) is 3.35. The van der Waals surface area contributed by atoms with Gasteiger partial charge in [0.1, 0.15) is 0 Å². The third-order valence-corrected chi connectivity index (χ3v) is 5.00. The number of aromatic nitrogens is 1. The minimum Gasteiger partial charge on any atom is -0.478 e. The molecule has 2 heterocycles. The molecule has 7 heteroatoms. The molecule has 1 aliphatic heterocycles. The highest BCUT2D eigenvalue weighted by atomic mass is 16.5. The number of hydrogen-bond donors (Lipinski definition) is 2. The first-order valence-corrected chi connectivity index (χ1v) is 10.1. The summed E-state index contributed by atoms with van der Waals surface area (Å²) >= 11 is 0. The predicted molar refractivity (Wildman–Crippen MR) is 110 cm³/mol. The summed E-state index contributed by atoms with van der Waals surface area (Å²) in [6.45, 7) is 4.57. The van der Waals surface area contributed by atoms with Crippen molar-refractivity contribution < 1.29 is 14.3 Å². The zero-order valence-corrected chi connectivity index (χ0v) is 16.8. The zero-order valence-electron chi connectivity index (χ0n) is 16.8. The lowest BCUT2D eigenvalue weighted by molar-refractivity contribution is -0.126. The van der Waals surface area contributed by atoms with Crippen LogP contribution in [-0.2, 0) is 17.9 Å². The van der Waals surface area contributed by atoms with E-state index < -0.39 is 0 Å². The summed E-state index contributed by atoms with van der Waals surface area (Å²) in [5.74, 6) is 0.576. The highest BCUT2D eigenvalue weighted by Gasteiger charge is 2.27. The van der Waals surface area contributed by atoms with Crippen molar-refractivity contribution in [3.63, 3.8) is 0 Å². The van der Waals surface area contributed by atoms with Gasteiger partial charge in [0.2, 0.25) is 11.8 Å². The average Bonchev–Trinajstić information content (AvgIpc) is 2.77. The fourth-order valence-corrected chi connectivity index (χ4v) is 3.35. The Morgan fingerprint density at radius 1 is 1.07 bits per heavy atom. The second kappa shape index (κ2) is 10.5. The minimum atomic E-state index is -0.108. The van der Waals surface area contributed by atoms with Gasteiger partial charge in [0.15, 0.2) is 0 Å². The standard InChI is InChI=1S/C22H28N4O3/c1-2-29-20-14-18(8-11-23-20)16-25-22(28)26-12-9-19(10-13-26)21(27)24-15-17-6-4-3-5-7-17/h3-8,11,14,19H,2,9-10,12-13,15-16H2,1H3,(H,24,27)(H,25,28). The predicted octanol–water partition coefficient (Wildman–Crippen LogP) is 2.72. The molecule has 0 unspecified atom stereocenters. The number of likely N-dealkylation sites (tertiary alicyclic amines) is 1. The molecule has 1 fully saturated rings. The summed E-state index contributed by atoms with van der Waals surface area (Å²) in [4.78, 5) is 30.7. The van der Waals surface area contributed by atoms with Crippen LogP contribution >= 0.6 is 0 Å². The van der Waals surface area contributed by atoms with Crippen LogP contribution in [0.5, 0.6) is 5.88 Å². The number of amides is 3. The summed E-state index contributed by atoms with van der Waals surface area (Å²) in [5, 5.41) is 5.93. The Labute approximate surface area is 171 Å². The van der Waals surface area contributed by atoms with Crippen molar-refractivity contribution in [1.29, 1.82) is 0 Å². The van der Waals surface area contributed by atoms with Gasteiger partial charge in [-0.25, -0.2) is 9.78 Å². The van der Waals surface area contributed by atoms with Crippen LogP contribution in [0, 0.1) is 5.92 Å². The Morgan fingerprint density at radius 2 is 1.79 bits per heavy atom. The van der Waals surface area contributed by atoms with E-state index in [2.05, 4.69) is 15.6 Å². The Hall–Kier alpha value is -3.09. The number of ether oxygens (including phenoxy) is 1. The molecule has 154 valence electrons. The number of nitrogens with one attached hydrogen (secondary N) is 2. The molecule has 0 aliphatic carbocycles. The quantitative estimate of drug-likeness (QED) is 0.754. The lowest BCUT2D eigenvalue weighted by Gasteiger charge is -2.31. The lowest BCUT2D eigenvalue weighted by atomic mass is 9.96. The molecule has 0 bridgehead atoms. The van der Waals surface area contributed by atoms with Crippen LogP contribution in [-0.4, -0.2) is 41.5 Å². The first-order chi connectivity index (χ1) is 14.2. The van der Waals surface area contributed by atoms with Crippen LogP contribution in [0.15, 0.2) is 48.7 Å². The largest absolute Gasteiger partial charge is 0.478 e. The molecule has 0 saturated carbocycles. The molecule has 1 saturated heterocycles. The van der Waals surface area contributed by atoms with Crippen LogP contribution in [0.2, 0.25) is 0 Å². The third-order valence-electron chi connectivity index (χ3n) is 5.00. The van der Waals surface area contributed by atoms with Gasteiger partial charge in [-0.15, -0.1) is 0 Å². The summed E-state index contributed by atoms with van der Waals surface area (Å²) in [5.41, 5.74) is 2.02. The minimum absolute atomic E-state index is 0.0447. The summed E-state index contributed by atoms with van der Waals surface area (Å²) in [6.07, 6.45) is 3.03. The molecule has 3 amide bonds. The number of benzene rings is 1. The highest BCUT2D eigenvalue weighted by Crippen LogP contribution is 2.18. The number of rotatable bonds is 7. The van der Waals surface area contributed by atoms with Gasteiger partial charge >= 0.3 is 6.03 Å². The number of piperidine rings is 1. The Kier molecular flexibility index (Phi) is 7.44. The van der Waals surface area contributed by atoms with Crippen molar-refractivity contribution in [2.24, 2.45) is 5.92 Å². The van der Waals surface area contributed by atoms with E-state index in [0.29, 0.717) is 51.5 Å². The molecular formula is C22H28N4O3. The molecule has 1 aromatic heterocycles. The van der Waals surface area contributed by atoms with Crippen molar-refractivity contribution in [1.82, 2.24) is 20.5 Å². The van der Waals surface area contributed by atoms with Gasteiger partial charge in [-0.1, -0.05) is 30.3 Å². The van der Waals surface area contributed by atoms with E-state index in [1.165, 1.54) is 0 Å². The summed E-state index contributed by atoms with van der Waals surface area (Å²) in [6, 6.07) is 13.4. The van der Waals surface area contributed by atoms with Crippen LogP contribution in [0.4, 0.5) is 4.79 Å². The molecular weight excluding hydrogens is 368 g/mol. The SMILES string of the molecule is CCOc1cc(CNC(=O)N2CCC(C(=O)NCc3ccccc3)CC2)ccn1. The summed E-state index contributed by atoms with van der Waals surface area (Å²) < 4.78 is 5.38. The maximum Gasteiger partial charge on any atom is 0.317 e. The van der Waals surface area contributed by atoms with E-state index in [1.54, 1.807) is 11.1 Å². The van der Waals surface area contributed by atoms with Gasteiger partial charge in [-0.05, 0) is 37.0 Å². The van der Waals surface area contributed by atoms with E-state index in [-0.39, 0.29) is 17.9 Å². The molecule has 2 N–H and O–H groups in total. The maximum absolute atomic E-state index is 12.4. The number of urea groups is 1. The molecule has 7 nitrogen and oxygen atoms in total. The lowest BCUT2D eigenvalue weighted by Crippen LogP contribution is -2.46. The van der Waals surface area contributed by atoms with E-state index in [4.69, 9.17) is 4.74 Å². The molecule has 0 spiro atoms. The number of carbonyl (C=O) groups is 2. The number of nitrogens with zero attached hydrogens (tertiary/aromatic N) is 2. The molecule has 29 heavy (non-hydrogen) atoms. The zero-order chi connectivity index (χ0) is 20.5. The van der Waals surface area contributed by atoms with Gasteiger partial charge in [-0.3, -0.25) is 4.79 Å². The third kappa shape index (κ3) is 6.20.